The van der Waals surface area contributed by atoms with Crippen LogP contribution in [0.25, 0.3) is 0 Å². The lowest BCUT2D eigenvalue weighted by Gasteiger charge is -2.52. The lowest BCUT2D eigenvalue weighted by Crippen LogP contribution is -2.55. The SMILES string of the molecule is CC1=C[C@H](O)[C@H]2CC(O[Si](C)(C)C(C)(C)C)=C3C[C@@H]4OC(=O)[C@@H](C)[C@@H]4[C@H]3[C@@]2(C)C1=O. The Kier molecular flexibility index (Phi) is 4.76. The molecule has 2 fully saturated rings. The molecule has 5 nitrogen and oxygen atoms in total. The Hall–Kier alpha value is -1.40. The lowest BCUT2D eigenvalue weighted by atomic mass is 9.52. The minimum atomic E-state index is -2.10. The van der Waals surface area contributed by atoms with Crippen molar-refractivity contribution in [3.63, 3.8) is 0 Å². The maximum Gasteiger partial charge on any atom is 0.309 e. The number of ether oxygens (including phenoxy) is 1. The van der Waals surface area contributed by atoms with Crippen molar-refractivity contribution in [3.05, 3.63) is 23.0 Å². The summed E-state index contributed by atoms with van der Waals surface area (Å²) >= 11 is 0. The maximum atomic E-state index is 13.5. The van der Waals surface area contributed by atoms with E-state index in [-0.39, 0.29) is 46.6 Å². The van der Waals surface area contributed by atoms with Crippen molar-refractivity contribution >= 4 is 20.1 Å². The summed E-state index contributed by atoms with van der Waals surface area (Å²) < 4.78 is 12.6. The number of allylic oxidation sites excluding steroid dienone is 2. The number of Topliss-reactive ketones (excluding diaryl/α,β-unsaturated/α-hetero) is 1. The first-order valence-electron chi connectivity index (χ1n) is 11.2. The summed E-state index contributed by atoms with van der Waals surface area (Å²) in [6.07, 6.45) is 2.02. The second kappa shape index (κ2) is 6.55. The molecule has 0 aromatic rings. The van der Waals surface area contributed by atoms with E-state index in [2.05, 4.69) is 33.9 Å². The molecular formula is C24H36O5Si. The molecule has 1 N–H and O–H groups in total. The molecule has 0 unspecified atom stereocenters. The zero-order valence-corrected chi connectivity index (χ0v) is 20.5. The van der Waals surface area contributed by atoms with Crippen molar-refractivity contribution in [2.45, 2.75) is 84.7 Å². The number of hydrogen-bond acceptors (Lipinski definition) is 5. The molecule has 1 saturated carbocycles. The molecule has 1 aliphatic heterocycles. The summed E-state index contributed by atoms with van der Waals surface area (Å²) in [5.74, 6) is 0.207. The highest BCUT2D eigenvalue weighted by Crippen LogP contribution is 2.63. The number of aliphatic hydroxyl groups is 1. The standard InChI is InChI=1S/C24H36O5Si/c1-12-9-16(25)15-11-17(29-30(7,8)23(3,4)5)14-10-18-19(13(2)22(27)28-18)20(14)24(15,6)21(12)26/h9,13,15-16,18-20,25H,10-11H2,1-8H3/t13-,15+,16-,18-,19-,20-,24-/m0/s1. The largest absolute Gasteiger partial charge is 0.547 e. The van der Waals surface area contributed by atoms with Crippen LogP contribution in [-0.2, 0) is 18.8 Å². The first-order chi connectivity index (χ1) is 13.7. The predicted molar refractivity (Wildman–Crippen MR) is 117 cm³/mol. The van der Waals surface area contributed by atoms with E-state index in [9.17, 15) is 14.7 Å². The topological polar surface area (TPSA) is 72.8 Å². The summed E-state index contributed by atoms with van der Waals surface area (Å²) in [7, 11) is -2.10. The van der Waals surface area contributed by atoms with Gasteiger partial charge in [0.25, 0.3) is 0 Å². The van der Waals surface area contributed by atoms with Crippen LogP contribution in [0.1, 0.15) is 54.4 Å². The van der Waals surface area contributed by atoms with Crippen LogP contribution >= 0.6 is 0 Å². The van der Waals surface area contributed by atoms with Gasteiger partial charge in [-0.25, -0.2) is 0 Å². The van der Waals surface area contributed by atoms with Crippen molar-refractivity contribution in [2.75, 3.05) is 0 Å². The second-order valence-corrected chi connectivity index (χ2v) is 16.3. The van der Waals surface area contributed by atoms with Crippen molar-refractivity contribution in [1.82, 2.24) is 0 Å². The zero-order chi connectivity index (χ0) is 22.4. The first-order valence-corrected chi connectivity index (χ1v) is 14.1. The molecule has 4 rings (SSSR count). The summed E-state index contributed by atoms with van der Waals surface area (Å²) in [5, 5.41) is 11.1. The molecule has 6 heteroatoms. The van der Waals surface area contributed by atoms with Crippen molar-refractivity contribution in [1.29, 1.82) is 0 Å². The molecule has 1 heterocycles. The van der Waals surface area contributed by atoms with Crippen LogP contribution in [0, 0.1) is 29.1 Å². The van der Waals surface area contributed by atoms with Crippen LogP contribution < -0.4 is 0 Å². The van der Waals surface area contributed by atoms with E-state index in [4.69, 9.17) is 9.16 Å². The van der Waals surface area contributed by atoms with Crippen LogP contribution in [0.5, 0.6) is 0 Å². The quantitative estimate of drug-likeness (QED) is 0.518. The molecule has 30 heavy (non-hydrogen) atoms. The molecule has 3 aliphatic carbocycles. The Bertz CT molecular complexity index is 863. The van der Waals surface area contributed by atoms with E-state index < -0.39 is 19.8 Å². The monoisotopic (exact) mass is 432 g/mol. The molecule has 166 valence electrons. The smallest absolute Gasteiger partial charge is 0.309 e. The van der Waals surface area contributed by atoms with Gasteiger partial charge in [-0.1, -0.05) is 34.6 Å². The third-order valence-electron chi connectivity index (χ3n) is 8.87. The molecule has 7 atom stereocenters. The van der Waals surface area contributed by atoms with Gasteiger partial charge in [-0.2, -0.15) is 0 Å². The van der Waals surface area contributed by atoms with Gasteiger partial charge in [0, 0.05) is 36.0 Å². The van der Waals surface area contributed by atoms with Crippen LogP contribution in [0.15, 0.2) is 23.0 Å². The summed E-state index contributed by atoms with van der Waals surface area (Å²) in [4.78, 5) is 25.9. The van der Waals surface area contributed by atoms with Gasteiger partial charge in [0.15, 0.2) is 5.78 Å². The predicted octanol–water partition coefficient (Wildman–Crippen LogP) is 4.38. The van der Waals surface area contributed by atoms with Gasteiger partial charge in [0.2, 0.25) is 8.32 Å². The maximum absolute atomic E-state index is 13.5. The minimum absolute atomic E-state index is 0.0413. The first kappa shape index (κ1) is 21.8. The Morgan fingerprint density at radius 3 is 2.47 bits per heavy atom. The number of hydrogen-bond donors (Lipinski definition) is 1. The average molecular weight is 433 g/mol. The molecule has 0 aromatic carbocycles. The third-order valence-corrected chi connectivity index (χ3v) is 13.2. The summed E-state index contributed by atoms with van der Waals surface area (Å²) in [5.41, 5.74) is 1.04. The van der Waals surface area contributed by atoms with Gasteiger partial charge in [-0.15, -0.1) is 0 Å². The van der Waals surface area contributed by atoms with Gasteiger partial charge in [0.1, 0.15) is 6.10 Å². The van der Waals surface area contributed by atoms with Crippen LogP contribution in [0.3, 0.4) is 0 Å². The molecule has 0 radical (unpaired) electrons. The molecular weight excluding hydrogens is 396 g/mol. The van der Waals surface area contributed by atoms with Gasteiger partial charge >= 0.3 is 5.97 Å². The molecule has 0 amide bonds. The Balaban J connectivity index is 1.87. The van der Waals surface area contributed by atoms with E-state index in [1.807, 2.05) is 13.8 Å². The highest BCUT2D eigenvalue weighted by Gasteiger charge is 2.66. The highest BCUT2D eigenvalue weighted by molar-refractivity contribution is 6.74. The zero-order valence-electron chi connectivity index (χ0n) is 19.5. The number of esters is 1. The van der Waals surface area contributed by atoms with Gasteiger partial charge < -0.3 is 14.3 Å². The average Bonchev–Trinajstić information content (AvgIpc) is 3.11. The Labute approximate surface area is 181 Å². The highest BCUT2D eigenvalue weighted by atomic mass is 28.4. The van der Waals surface area contributed by atoms with E-state index >= 15 is 0 Å². The van der Waals surface area contributed by atoms with E-state index in [1.54, 1.807) is 13.0 Å². The van der Waals surface area contributed by atoms with E-state index in [0.717, 1.165) is 11.3 Å². The number of carbonyl (C=O) groups is 2. The number of rotatable bonds is 2. The van der Waals surface area contributed by atoms with Gasteiger partial charge in [-0.05, 0) is 42.3 Å². The van der Waals surface area contributed by atoms with Crippen LogP contribution in [0.4, 0.5) is 0 Å². The van der Waals surface area contributed by atoms with Crippen LogP contribution in [0.2, 0.25) is 18.1 Å². The number of aliphatic hydroxyl groups excluding tert-OH is 1. The minimum Gasteiger partial charge on any atom is -0.547 e. The molecule has 0 aromatic heterocycles. The summed E-state index contributed by atoms with van der Waals surface area (Å²) in [6.45, 7) is 16.8. The molecule has 1 saturated heterocycles. The van der Waals surface area contributed by atoms with Gasteiger partial charge in [0.05, 0.1) is 17.8 Å². The molecule has 0 spiro atoms. The third kappa shape index (κ3) is 2.82. The Morgan fingerprint density at radius 1 is 1.23 bits per heavy atom. The fourth-order valence-electron chi connectivity index (χ4n) is 6.12. The number of fused-ring (bicyclic) bond motifs is 5. The normalized spacial score (nSPS) is 41.2. The van der Waals surface area contributed by atoms with Crippen molar-refractivity contribution < 1.29 is 23.9 Å². The van der Waals surface area contributed by atoms with E-state index in [1.165, 1.54) is 0 Å². The Morgan fingerprint density at radius 2 is 1.87 bits per heavy atom. The molecule has 4 aliphatic rings. The second-order valence-electron chi connectivity index (χ2n) is 11.6. The van der Waals surface area contributed by atoms with E-state index in [0.29, 0.717) is 18.4 Å². The number of carbonyl (C=O) groups excluding carboxylic acids is 2. The lowest BCUT2D eigenvalue weighted by molar-refractivity contribution is -0.144. The number of ketones is 1. The van der Waals surface area contributed by atoms with Gasteiger partial charge in [-0.3, -0.25) is 9.59 Å². The summed E-state index contributed by atoms with van der Waals surface area (Å²) in [6, 6.07) is 0. The fraction of sp³-hybridized carbons (Fsp3) is 0.750. The van der Waals surface area contributed by atoms with Crippen LogP contribution in [-0.4, -0.2) is 37.4 Å². The fourth-order valence-corrected chi connectivity index (χ4v) is 7.26. The molecule has 0 bridgehead atoms. The van der Waals surface area contributed by atoms with Crippen molar-refractivity contribution in [2.24, 2.45) is 29.1 Å². The van der Waals surface area contributed by atoms with Crippen molar-refractivity contribution in [3.8, 4) is 0 Å².